The Hall–Kier alpha value is -5.25. The van der Waals surface area contributed by atoms with Crippen LogP contribution in [0.15, 0.2) is 107 Å². The van der Waals surface area contributed by atoms with Gasteiger partial charge < -0.3 is 10.2 Å². The highest BCUT2D eigenvalue weighted by Crippen LogP contribution is 2.48. The first-order chi connectivity index (χ1) is 21.5. The Labute approximate surface area is 258 Å². The number of rotatable bonds is 3. The topological polar surface area (TPSA) is 70.7 Å². The monoisotopic (exact) mass is 605 g/mol. The van der Waals surface area contributed by atoms with Crippen molar-refractivity contribution in [3.05, 3.63) is 125 Å². The molecule has 3 aromatic carbocycles. The molecule has 0 bridgehead atoms. The van der Waals surface area contributed by atoms with Crippen LogP contribution in [0.2, 0.25) is 0 Å². The molecule has 0 aliphatic carbocycles. The number of amidine groups is 2. The zero-order valence-electron chi connectivity index (χ0n) is 25.1. The van der Waals surface area contributed by atoms with Crippen molar-refractivity contribution in [3.63, 3.8) is 0 Å². The highest BCUT2D eigenvalue weighted by molar-refractivity contribution is 6.51. The van der Waals surface area contributed by atoms with Crippen molar-refractivity contribution in [3.8, 4) is 5.82 Å². The van der Waals surface area contributed by atoms with E-state index in [-0.39, 0.29) is 17.1 Å². The van der Waals surface area contributed by atoms with Crippen LogP contribution in [-0.4, -0.2) is 26.4 Å². The first-order valence-corrected chi connectivity index (χ1v) is 14.6. The van der Waals surface area contributed by atoms with Gasteiger partial charge in [0.05, 0.1) is 28.7 Å². The Morgan fingerprint density at radius 3 is 2.27 bits per heavy atom. The summed E-state index contributed by atoms with van der Waals surface area (Å²) >= 11 is 0. The summed E-state index contributed by atoms with van der Waals surface area (Å²) in [7, 11) is 0. The minimum Gasteiger partial charge on any atom is -0.337 e. The molecule has 2 aromatic heterocycles. The van der Waals surface area contributed by atoms with E-state index < -0.39 is 11.7 Å². The largest absolute Gasteiger partial charge is 0.416 e. The molecule has 2 aliphatic heterocycles. The lowest BCUT2D eigenvalue weighted by molar-refractivity contribution is -0.137. The van der Waals surface area contributed by atoms with Crippen molar-refractivity contribution in [2.45, 2.75) is 45.3 Å². The van der Waals surface area contributed by atoms with Crippen molar-refractivity contribution in [2.75, 3.05) is 10.2 Å². The number of fused-ring (bicyclic) bond motifs is 4. The Kier molecular flexibility index (Phi) is 6.61. The summed E-state index contributed by atoms with van der Waals surface area (Å²) in [5.41, 5.74) is 4.85. The predicted molar refractivity (Wildman–Crippen MR) is 171 cm³/mol. The second-order valence-electron chi connectivity index (χ2n) is 12.2. The van der Waals surface area contributed by atoms with Gasteiger partial charge in [0, 0.05) is 17.4 Å². The van der Waals surface area contributed by atoms with Gasteiger partial charge >= 0.3 is 6.18 Å². The summed E-state index contributed by atoms with van der Waals surface area (Å²) in [4.78, 5) is 16.6. The maximum absolute atomic E-state index is 13.6. The van der Waals surface area contributed by atoms with E-state index in [1.165, 1.54) is 11.6 Å². The number of pyridine rings is 1. The quantitative estimate of drug-likeness (QED) is 0.223. The van der Waals surface area contributed by atoms with E-state index in [0.717, 1.165) is 34.6 Å². The van der Waals surface area contributed by atoms with E-state index in [0.29, 0.717) is 29.0 Å². The lowest BCUT2D eigenvalue weighted by atomic mass is 9.85. The number of halogens is 3. The van der Waals surface area contributed by atoms with Crippen LogP contribution in [0.5, 0.6) is 0 Å². The van der Waals surface area contributed by atoms with Gasteiger partial charge in [-0.3, -0.25) is 0 Å². The highest BCUT2D eigenvalue weighted by atomic mass is 19.4. The summed E-state index contributed by atoms with van der Waals surface area (Å²) < 4.78 is 42.6. The molecule has 0 saturated carbocycles. The van der Waals surface area contributed by atoms with Crippen molar-refractivity contribution < 1.29 is 13.2 Å². The summed E-state index contributed by atoms with van der Waals surface area (Å²) in [6, 6.07) is 26.5. The van der Waals surface area contributed by atoms with Crippen LogP contribution >= 0.6 is 0 Å². The van der Waals surface area contributed by atoms with Crippen LogP contribution in [0.3, 0.4) is 0 Å². The number of aromatic nitrogens is 3. The van der Waals surface area contributed by atoms with Gasteiger partial charge in [-0.25, -0.2) is 15.0 Å². The number of hydrogen-bond donors (Lipinski definition) is 1. The van der Waals surface area contributed by atoms with Crippen molar-refractivity contribution >= 4 is 34.6 Å². The summed E-state index contributed by atoms with van der Waals surface area (Å²) in [5.74, 6) is 1.96. The molecule has 2 aliphatic rings. The predicted octanol–water partition coefficient (Wildman–Crippen LogP) is 8.69. The molecule has 5 aromatic rings. The van der Waals surface area contributed by atoms with Crippen molar-refractivity contribution in [1.29, 1.82) is 0 Å². The zero-order valence-corrected chi connectivity index (χ0v) is 25.1. The number of aliphatic imine (C=N–C) groups is 2. The van der Waals surface area contributed by atoms with E-state index in [2.05, 4.69) is 60.2 Å². The SMILES string of the molecule is Cc1nn(-c2ccccn2)c2c1[C@H](c1ccc(C(C)(C)C)cc1)N1C(=N2)C(Nc2cccc(C(F)(F)F)c2)=Nc2ccccc21. The minimum absolute atomic E-state index is 0.0327. The molecular formula is C35H30F3N7. The first-order valence-electron chi connectivity index (χ1n) is 14.6. The summed E-state index contributed by atoms with van der Waals surface area (Å²) in [5, 5.41) is 8.06. The van der Waals surface area contributed by atoms with Gasteiger partial charge in [0.1, 0.15) is 0 Å². The number of nitrogens with zero attached hydrogens (tertiary/aromatic N) is 6. The van der Waals surface area contributed by atoms with E-state index >= 15 is 0 Å². The van der Waals surface area contributed by atoms with Gasteiger partial charge in [0.15, 0.2) is 23.3 Å². The lowest BCUT2D eigenvalue weighted by Gasteiger charge is -2.40. The molecule has 0 radical (unpaired) electrons. The third kappa shape index (κ3) is 5.05. The van der Waals surface area contributed by atoms with Gasteiger partial charge in [0.2, 0.25) is 0 Å². The lowest BCUT2D eigenvalue weighted by Crippen LogP contribution is -2.46. The number of hydrogen-bond acceptors (Lipinski definition) is 6. The number of nitrogens with one attached hydrogen (secondary N) is 1. The number of alkyl halides is 3. The number of anilines is 2. The summed E-state index contributed by atoms with van der Waals surface area (Å²) in [6.45, 7) is 8.49. The highest BCUT2D eigenvalue weighted by Gasteiger charge is 2.42. The molecule has 1 N–H and O–H groups in total. The second-order valence-corrected chi connectivity index (χ2v) is 12.2. The molecule has 45 heavy (non-hydrogen) atoms. The normalized spacial score (nSPS) is 15.9. The third-order valence-electron chi connectivity index (χ3n) is 8.05. The third-order valence-corrected chi connectivity index (χ3v) is 8.05. The molecule has 10 heteroatoms. The molecule has 0 amide bonds. The average Bonchev–Trinajstić information content (AvgIpc) is 3.36. The maximum Gasteiger partial charge on any atom is 0.416 e. The fraction of sp³-hybridized carbons (Fsp3) is 0.200. The van der Waals surface area contributed by atoms with E-state index in [9.17, 15) is 13.2 Å². The van der Waals surface area contributed by atoms with Crippen LogP contribution in [-0.2, 0) is 11.6 Å². The number of para-hydroxylation sites is 2. The molecular weight excluding hydrogens is 575 g/mol. The zero-order chi connectivity index (χ0) is 31.5. The van der Waals surface area contributed by atoms with Gasteiger partial charge in [0.25, 0.3) is 0 Å². The van der Waals surface area contributed by atoms with Crippen LogP contribution in [0.25, 0.3) is 5.82 Å². The van der Waals surface area contributed by atoms with Crippen molar-refractivity contribution in [1.82, 2.24) is 14.8 Å². The Bertz CT molecular complexity index is 1970. The Morgan fingerprint density at radius 2 is 1.56 bits per heavy atom. The minimum atomic E-state index is -4.49. The first kappa shape index (κ1) is 28.5. The summed E-state index contributed by atoms with van der Waals surface area (Å²) in [6.07, 6.45) is -2.79. The Morgan fingerprint density at radius 1 is 0.800 bits per heavy atom. The molecule has 0 fully saturated rings. The van der Waals surface area contributed by atoms with Gasteiger partial charge in [-0.1, -0.05) is 69.3 Å². The molecule has 0 spiro atoms. The number of benzene rings is 3. The van der Waals surface area contributed by atoms with Crippen LogP contribution in [0, 0.1) is 6.92 Å². The van der Waals surface area contributed by atoms with Gasteiger partial charge in [-0.2, -0.15) is 23.0 Å². The van der Waals surface area contributed by atoms with Gasteiger partial charge in [-0.05, 0) is 65.9 Å². The van der Waals surface area contributed by atoms with E-state index in [1.807, 2.05) is 49.4 Å². The van der Waals surface area contributed by atoms with Crippen LogP contribution < -0.4 is 10.2 Å². The van der Waals surface area contributed by atoms with E-state index in [1.54, 1.807) is 16.9 Å². The molecule has 226 valence electrons. The standard InChI is InChI=1S/C35H30F3N7/c1-21-29-30(22-15-17-23(18-16-22)34(2,3)4)44-27-13-6-5-12-26(27)41-31(40-25-11-9-10-24(20-25)35(36,37)38)33(44)42-32(29)45(43-21)28-14-7-8-19-39-28/h5-20,30H,1-4H3,(H,40,41)/t30-/m0/s1. The van der Waals surface area contributed by atoms with Gasteiger partial charge in [-0.15, -0.1) is 0 Å². The maximum atomic E-state index is 13.6. The fourth-order valence-corrected chi connectivity index (χ4v) is 5.83. The number of aryl methyl sites for hydroxylation is 1. The van der Waals surface area contributed by atoms with Crippen molar-refractivity contribution in [2.24, 2.45) is 9.98 Å². The average molecular weight is 606 g/mol. The van der Waals surface area contributed by atoms with Crippen LogP contribution in [0.4, 0.5) is 36.1 Å². The molecule has 7 nitrogen and oxygen atoms in total. The smallest absolute Gasteiger partial charge is 0.337 e. The van der Waals surface area contributed by atoms with Crippen LogP contribution in [0.1, 0.15) is 54.8 Å². The molecule has 4 heterocycles. The second kappa shape index (κ2) is 10.4. The molecule has 0 unspecified atom stereocenters. The fourth-order valence-electron chi connectivity index (χ4n) is 5.83. The Balaban J connectivity index is 1.46. The molecule has 0 saturated heterocycles. The molecule has 7 rings (SSSR count). The molecule has 1 atom stereocenters. The van der Waals surface area contributed by atoms with E-state index in [4.69, 9.17) is 15.1 Å².